The summed E-state index contributed by atoms with van der Waals surface area (Å²) in [5.74, 6) is -0.369. The SMILES string of the molecule is CN(C)C(=O)[C@H]1C[C@@H](N=[N+]=[N-])C[C@@H](NC(=O)O)C1. The van der Waals surface area contributed by atoms with E-state index in [1.807, 2.05) is 0 Å². The second kappa shape index (κ2) is 6.11. The number of amides is 2. The van der Waals surface area contributed by atoms with Gasteiger partial charge in [-0.2, -0.15) is 0 Å². The topological polar surface area (TPSA) is 118 Å². The molecule has 0 aromatic carbocycles. The van der Waals surface area contributed by atoms with E-state index in [4.69, 9.17) is 10.6 Å². The molecular formula is C10H17N5O3. The Morgan fingerprint density at radius 1 is 1.39 bits per heavy atom. The first-order valence-electron chi connectivity index (χ1n) is 5.68. The van der Waals surface area contributed by atoms with Crippen molar-refractivity contribution in [2.45, 2.75) is 31.3 Å². The van der Waals surface area contributed by atoms with Crippen LogP contribution in [-0.2, 0) is 4.79 Å². The van der Waals surface area contributed by atoms with Gasteiger partial charge in [0.15, 0.2) is 0 Å². The van der Waals surface area contributed by atoms with Crippen LogP contribution in [0.25, 0.3) is 10.4 Å². The Morgan fingerprint density at radius 2 is 2.06 bits per heavy atom. The molecule has 0 saturated heterocycles. The summed E-state index contributed by atoms with van der Waals surface area (Å²) in [7, 11) is 3.30. The second-order valence-corrected chi connectivity index (χ2v) is 4.64. The molecule has 1 rings (SSSR count). The third-order valence-electron chi connectivity index (χ3n) is 3.01. The van der Waals surface area contributed by atoms with Gasteiger partial charge in [0.2, 0.25) is 5.91 Å². The van der Waals surface area contributed by atoms with Gasteiger partial charge < -0.3 is 15.3 Å². The van der Waals surface area contributed by atoms with E-state index in [1.165, 1.54) is 4.90 Å². The van der Waals surface area contributed by atoms with Crippen LogP contribution < -0.4 is 5.32 Å². The van der Waals surface area contributed by atoms with Crippen molar-refractivity contribution in [3.05, 3.63) is 10.4 Å². The molecule has 100 valence electrons. The Balaban J connectivity index is 2.76. The zero-order chi connectivity index (χ0) is 13.7. The van der Waals surface area contributed by atoms with E-state index in [0.717, 1.165) is 0 Å². The normalized spacial score (nSPS) is 26.9. The first-order chi connectivity index (χ1) is 8.43. The molecule has 1 fully saturated rings. The smallest absolute Gasteiger partial charge is 0.404 e. The quantitative estimate of drug-likeness (QED) is 0.447. The molecule has 0 radical (unpaired) electrons. The van der Waals surface area contributed by atoms with E-state index < -0.39 is 6.09 Å². The lowest BCUT2D eigenvalue weighted by Gasteiger charge is -2.33. The van der Waals surface area contributed by atoms with Gasteiger partial charge in [0, 0.05) is 37.0 Å². The summed E-state index contributed by atoms with van der Waals surface area (Å²) >= 11 is 0. The van der Waals surface area contributed by atoms with E-state index in [9.17, 15) is 9.59 Å². The summed E-state index contributed by atoms with van der Waals surface area (Å²) in [4.78, 5) is 26.7. The molecule has 1 aliphatic rings. The van der Waals surface area contributed by atoms with Crippen molar-refractivity contribution in [3.8, 4) is 0 Å². The van der Waals surface area contributed by atoms with Crippen LogP contribution in [0.2, 0.25) is 0 Å². The minimum Gasteiger partial charge on any atom is -0.465 e. The summed E-state index contributed by atoms with van der Waals surface area (Å²) in [6, 6.07) is -0.685. The maximum absolute atomic E-state index is 11.9. The van der Waals surface area contributed by atoms with Crippen LogP contribution >= 0.6 is 0 Å². The van der Waals surface area contributed by atoms with E-state index in [1.54, 1.807) is 14.1 Å². The molecule has 0 aromatic rings. The van der Waals surface area contributed by atoms with Crippen LogP contribution in [0.4, 0.5) is 4.79 Å². The zero-order valence-electron chi connectivity index (χ0n) is 10.4. The van der Waals surface area contributed by atoms with E-state index >= 15 is 0 Å². The molecule has 2 amide bonds. The molecule has 18 heavy (non-hydrogen) atoms. The van der Waals surface area contributed by atoms with E-state index in [2.05, 4.69) is 15.3 Å². The second-order valence-electron chi connectivity index (χ2n) is 4.64. The van der Waals surface area contributed by atoms with Crippen LogP contribution in [0.15, 0.2) is 5.11 Å². The number of carboxylic acid groups (broad SMARTS) is 1. The van der Waals surface area contributed by atoms with Gasteiger partial charge >= 0.3 is 6.09 Å². The Hall–Kier alpha value is -1.95. The van der Waals surface area contributed by atoms with Gasteiger partial charge in [-0.1, -0.05) is 5.11 Å². The van der Waals surface area contributed by atoms with Crippen molar-refractivity contribution >= 4 is 12.0 Å². The van der Waals surface area contributed by atoms with Gasteiger partial charge in [0.1, 0.15) is 0 Å². The van der Waals surface area contributed by atoms with Crippen LogP contribution in [0, 0.1) is 5.92 Å². The first-order valence-corrected chi connectivity index (χ1v) is 5.68. The van der Waals surface area contributed by atoms with Crippen molar-refractivity contribution in [3.63, 3.8) is 0 Å². The van der Waals surface area contributed by atoms with Crippen molar-refractivity contribution < 1.29 is 14.7 Å². The average molecular weight is 255 g/mol. The molecular weight excluding hydrogens is 238 g/mol. The van der Waals surface area contributed by atoms with E-state index in [0.29, 0.717) is 19.3 Å². The average Bonchev–Trinajstić information content (AvgIpc) is 2.27. The molecule has 8 nitrogen and oxygen atoms in total. The van der Waals surface area contributed by atoms with Crippen molar-refractivity contribution in [2.24, 2.45) is 11.0 Å². The minimum absolute atomic E-state index is 0.0648. The van der Waals surface area contributed by atoms with Gasteiger partial charge in [-0.3, -0.25) is 4.79 Å². The fraction of sp³-hybridized carbons (Fsp3) is 0.800. The highest BCUT2D eigenvalue weighted by atomic mass is 16.4. The molecule has 0 heterocycles. The molecule has 3 atom stereocenters. The third kappa shape index (κ3) is 3.81. The van der Waals surface area contributed by atoms with Crippen molar-refractivity contribution in [1.29, 1.82) is 0 Å². The van der Waals surface area contributed by atoms with Crippen LogP contribution in [0.3, 0.4) is 0 Å². The molecule has 0 aliphatic heterocycles. The molecule has 8 heteroatoms. The zero-order valence-corrected chi connectivity index (χ0v) is 10.4. The number of azide groups is 1. The van der Waals surface area contributed by atoms with Gasteiger partial charge in [-0.25, -0.2) is 4.79 Å². The Labute approximate surface area is 105 Å². The van der Waals surface area contributed by atoms with Crippen LogP contribution in [-0.4, -0.2) is 48.2 Å². The Bertz CT molecular complexity index is 378. The first kappa shape index (κ1) is 14.1. The van der Waals surface area contributed by atoms with Gasteiger partial charge in [0.25, 0.3) is 0 Å². The number of hydrogen-bond donors (Lipinski definition) is 2. The highest BCUT2D eigenvalue weighted by Crippen LogP contribution is 2.28. The van der Waals surface area contributed by atoms with Crippen LogP contribution in [0.5, 0.6) is 0 Å². The van der Waals surface area contributed by atoms with Gasteiger partial charge in [0.05, 0.1) is 0 Å². The van der Waals surface area contributed by atoms with E-state index in [-0.39, 0.29) is 23.9 Å². The summed E-state index contributed by atoms with van der Waals surface area (Å²) < 4.78 is 0. The van der Waals surface area contributed by atoms with Crippen molar-refractivity contribution in [1.82, 2.24) is 10.2 Å². The summed E-state index contributed by atoms with van der Waals surface area (Å²) in [6.45, 7) is 0. The van der Waals surface area contributed by atoms with Gasteiger partial charge in [-0.15, -0.1) is 0 Å². The number of carbonyl (C=O) groups is 2. The van der Waals surface area contributed by atoms with Crippen molar-refractivity contribution in [2.75, 3.05) is 14.1 Å². The monoisotopic (exact) mass is 255 g/mol. The third-order valence-corrected chi connectivity index (χ3v) is 3.01. The molecule has 1 saturated carbocycles. The standard InChI is InChI=1S/C10H17N5O3/c1-15(2)9(16)6-3-7(12-10(17)18)5-8(4-6)13-14-11/h6-8,12H,3-5H2,1-2H3,(H,17,18)/t6-,7+,8-/m1/s1. The minimum atomic E-state index is -1.13. The number of nitrogens with zero attached hydrogens (tertiary/aromatic N) is 4. The fourth-order valence-electron chi connectivity index (χ4n) is 2.32. The molecule has 1 aliphatic carbocycles. The molecule has 0 spiro atoms. The highest BCUT2D eigenvalue weighted by molar-refractivity contribution is 5.78. The van der Waals surface area contributed by atoms with Gasteiger partial charge in [-0.05, 0) is 24.8 Å². The predicted molar refractivity (Wildman–Crippen MR) is 63.9 cm³/mol. The fourth-order valence-corrected chi connectivity index (χ4v) is 2.32. The highest BCUT2D eigenvalue weighted by Gasteiger charge is 2.33. The summed E-state index contributed by atoms with van der Waals surface area (Å²) in [6.07, 6.45) is 0.227. The number of nitrogens with one attached hydrogen (secondary N) is 1. The number of hydrogen-bond acceptors (Lipinski definition) is 3. The Kier molecular flexibility index (Phi) is 4.79. The maximum Gasteiger partial charge on any atom is 0.404 e. The summed E-state index contributed by atoms with van der Waals surface area (Å²) in [5.41, 5.74) is 8.45. The number of carbonyl (C=O) groups excluding carboxylic acids is 1. The lowest BCUT2D eigenvalue weighted by molar-refractivity contribution is -0.134. The largest absolute Gasteiger partial charge is 0.465 e. The summed E-state index contributed by atoms with van der Waals surface area (Å²) in [5, 5.41) is 14.7. The molecule has 0 bridgehead atoms. The predicted octanol–water partition coefficient (Wildman–Crippen LogP) is 1.19. The lowest BCUT2D eigenvalue weighted by Crippen LogP contribution is -2.45. The molecule has 2 N–H and O–H groups in total. The lowest BCUT2D eigenvalue weighted by atomic mass is 9.82. The maximum atomic E-state index is 11.9. The number of rotatable bonds is 3. The Morgan fingerprint density at radius 3 is 2.56 bits per heavy atom. The molecule has 0 aromatic heterocycles. The van der Waals surface area contributed by atoms with Crippen LogP contribution in [0.1, 0.15) is 19.3 Å². The molecule has 0 unspecified atom stereocenters.